The quantitative estimate of drug-likeness (QED) is 0.904. The number of amides is 1. The summed E-state index contributed by atoms with van der Waals surface area (Å²) in [6.07, 6.45) is 0. The molecular formula is C13H14FN3OS. The molecule has 1 heterocycles. The third kappa shape index (κ3) is 3.51. The molecule has 1 amide bonds. The summed E-state index contributed by atoms with van der Waals surface area (Å²) >= 11 is 1.36. The summed E-state index contributed by atoms with van der Waals surface area (Å²) < 4.78 is 13.4. The van der Waals surface area contributed by atoms with Gasteiger partial charge in [0.25, 0.3) is 0 Å². The van der Waals surface area contributed by atoms with Crippen molar-refractivity contribution >= 4 is 28.1 Å². The van der Waals surface area contributed by atoms with E-state index in [-0.39, 0.29) is 11.7 Å². The highest BCUT2D eigenvalue weighted by molar-refractivity contribution is 7.13. The smallest absolute Gasteiger partial charge is 0.248 e. The van der Waals surface area contributed by atoms with Crippen molar-refractivity contribution in [2.24, 2.45) is 0 Å². The first kappa shape index (κ1) is 13.5. The van der Waals surface area contributed by atoms with E-state index in [2.05, 4.69) is 15.6 Å². The number of carbonyl (C=O) groups is 1. The number of para-hydroxylation sites is 1. The molecule has 2 rings (SSSR count). The third-order valence-corrected chi connectivity index (χ3v) is 3.36. The first-order valence-electron chi connectivity index (χ1n) is 5.80. The number of nitrogens with zero attached hydrogens (tertiary/aromatic N) is 1. The molecular weight excluding hydrogens is 265 g/mol. The lowest BCUT2D eigenvalue weighted by Gasteiger charge is -2.14. The van der Waals surface area contributed by atoms with Crippen molar-refractivity contribution < 1.29 is 9.18 Å². The number of aromatic nitrogens is 1. The molecule has 0 fully saturated rings. The Morgan fingerprint density at radius 3 is 2.79 bits per heavy atom. The largest absolute Gasteiger partial charge is 0.372 e. The Hall–Kier alpha value is -1.95. The Balaban J connectivity index is 1.98. The second-order valence-electron chi connectivity index (χ2n) is 4.13. The zero-order valence-electron chi connectivity index (χ0n) is 10.6. The van der Waals surface area contributed by atoms with Gasteiger partial charge in [0, 0.05) is 5.38 Å². The lowest BCUT2D eigenvalue weighted by molar-refractivity contribution is -0.116. The minimum absolute atomic E-state index is 0.252. The predicted molar refractivity (Wildman–Crippen MR) is 75.0 cm³/mol. The Labute approximate surface area is 114 Å². The fourth-order valence-electron chi connectivity index (χ4n) is 1.50. The van der Waals surface area contributed by atoms with Crippen molar-refractivity contribution in [3.63, 3.8) is 0 Å². The first-order valence-corrected chi connectivity index (χ1v) is 6.68. The summed E-state index contributed by atoms with van der Waals surface area (Å²) in [6, 6.07) is 5.69. The van der Waals surface area contributed by atoms with Crippen molar-refractivity contribution in [1.82, 2.24) is 4.98 Å². The van der Waals surface area contributed by atoms with E-state index in [9.17, 15) is 9.18 Å². The third-order valence-electron chi connectivity index (χ3n) is 2.49. The van der Waals surface area contributed by atoms with Gasteiger partial charge in [0.2, 0.25) is 5.91 Å². The van der Waals surface area contributed by atoms with Crippen LogP contribution in [0.5, 0.6) is 0 Å². The van der Waals surface area contributed by atoms with Crippen molar-refractivity contribution in [3.8, 4) is 0 Å². The molecule has 1 aromatic heterocycles. The van der Waals surface area contributed by atoms with Crippen molar-refractivity contribution in [3.05, 3.63) is 41.2 Å². The molecule has 0 aliphatic heterocycles. The van der Waals surface area contributed by atoms with Crippen molar-refractivity contribution in [1.29, 1.82) is 0 Å². The number of halogens is 1. The van der Waals surface area contributed by atoms with Crippen LogP contribution in [0.25, 0.3) is 0 Å². The normalized spacial score (nSPS) is 11.9. The second-order valence-corrected chi connectivity index (χ2v) is 4.99. The van der Waals surface area contributed by atoms with Crippen LogP contribution in [0.1, 0.15) is 12.6 Å². The number of thiazole rings is 1. The van der Waals surface area contributed by atoms with E-state index in [1.54, 1.807) is 25.1 Å². The molecule has 0 radical (unpaired) electrons. The van der Waals surface area contributed by atoms with Gasteiger partial charge in [-0.3, -0.25) is 4.79 Å². The number of anilines is 2. The highest BCUT2D eigenvalue weighted by Gasteiger charge is 2.15. The molecule has 0 spiro atoms. The molecule has 19 heavy (non-hydrogen) atoms. The Kier molecular flexibility index (Phi) is 4.11. The predicted octanol–water partition coefficient (Wildman–Crippen LogP) is 3.03. The Bertz CT molecular complexity index is 585. The summed E-state index contributed by atoms with van der Waals surface area (Å²) in [5.41, 5.74) is 1.16. The molecule has 2 aromatic rings. The summed E-state index contributed by atoms with van der Waals surface area (Å²) in [4.78, 5) is 16.1. The monoisotopic (exact) mass is 279 g/mol. The van der Waals surface area contributed by atoms with Gasteiger partial charge in [-0.05, 0) is 26.0 Å². The number of carbonyl (C=O) groups excluding carboxylic acids is 1. The SMILES string of the molecule is Cc1csc(NC(=O)C(C)Nc2ccccc2F)n1. The number of hydrogen-bond donors (Lipinski definition) is 2. The van der Waals surface area contributed by atoms with Gasteiger partial charge >= 0.3 is 0 Å². The van der Waals surface area contributed by atoms with Crippen LogP contribution in [-0.4, -0.2) is 16.9 Å². The van der Waals surface area contributed by atoms with Gasteiger partial charge < -0.3 is 10.6 Å². The average molecular weight is 279 g/mol. The minimum Gasteiger partial charge on any atom is -0.372 e. The lowest BCUT2D eigenvalue weighted by atomic mass is 10.2. The molecule has 0 aliphatic rings. The van der Waals surface area contributed by atoms with Crippen LogP contribution in [0.15, 0.2) is 29.6 Å². The fourth-order valence-corrected chi connectivity index (χ4v) is 2.19. The number of benzene rings is 1. The maximum Gasteiger partial charge on any atom is 0.248 e. The molecule has 2 N–H and O–H groups in total. The zero-order chi connectivity index (χ0) is 13.8. The van der Waals surface area contributed by atoms with E-state index < -0.39 is 6.04 Å². The number of aryl methyl sites for hydroxylation is 1. The summed E-state index contributed by atoms with van der Waals surface area (Å²) in [7, 11) is 0. The highest BCUT2D eigenvalue weighted by Crippen LogP contribution is 2.16. The Morgan fingerprint density at radius 2 is 2.16 bits per heavy atom. The van der Waals surface area contributed by atoms with Crippen molar-refractivity contribution in [2.45, 2.75) is 19.9 Å². The van der Waals surface area contributed by atoms with Crippen LogP contribution in [0, 0.1) is 12.7 Å². The molecule has 0 saturated carbocycles. The highest BCUT2D eigenvalue weighted by atomic mass is 32.1. The zero-order valence-corrected chi connectivity index (χ0v) is 11.4. The van der Waals surface area contributed by atoms with Crippen molar-refractivity contribution in [2.75, 3.05) is 10.6 Å². The number of rotatable bonds is 4. The summed E-state index contributed by atoms with van der Waals surface area (Å²) in [6.45, 7) is 3.52. The van der Waals surface area contributed by atoms with Gasteiger partial charge in [-0.2, -0.15) is 0 Å². The standard InChI is InChI=1S/C13H14FN3OS/c1-8-7-19-13(15-8)17-12(18)9(2)16-11-6-4-3-5-10(11)14/h3-7,9,16H,1-2H3,(H,15,17,18). The fraction of sp³-hybridized carbons (Fsp3) is 0.231. The molecule has 1 unspecified atom stereocenters. The molecule has 100 valence electrons. The van der Waals surface area contributed by atoms with Gasteiger partial charge in [0.05, 0.1) is 11.4 Å². The van der Waals surface area contributed by atoms with E-state index in [1.165, 1.54) is 17.4 Å². The molecule has 4 nitrogen and oxygen atoms in total. The Morgan fingerprint density at radius 1 is 1.42 bits per heavy atom. The number of hydrogen-bond acceptors (Lipinski definition) is 4. The topological polar surface area (TPSA) is 54.0 Å². The molecule has 1 aromatic carbocycles. The van der Waals surface area contributed by atoms with E-state index in [0.29, 0.717) is 10.8 Å². The van der Waals surface area contributed by atoms with Gasteiger partial charge in [0.1, 0.15) is 11.9 Å². The van der Waals surface area contributed by atoms with Gasteiger partial charge in [-0.15, -0.1) is 11.3 Å². The summed E-state index contributed by atoms with van der Waals surface area (Å²) in [5, 5.41) is 7.91. The van der Waals surface area contributed by atoms with E-state index >= 15 is 0 Å². The van der Waals surface area contributed by atoms with Crippen LogP contribution in [0.4, 0.5) is 15.2 Å². The molecule has 1 atom stereocenters. The minimum atomic E-state index is -0.555. The van der Waals surface area contributed by atoms with Crippen LogP contribution >= 0.6 is 11.3 Å². The van der Waals surface area contributed by atoms with E-state index in [0.717, 1.165) is 5.69 Å². The van der Waals surface area contributed by atoms with Crippen LogP contribution < -0.4 is 10.6 Å². The lowest BCUT2D eigenvalue weighted by Crippen LogP contribution is -2.32. The average Bonchev–Trinajstić information content (AvgIpc) is 2.77. The molecule has 0 bridgehead atoms. The second kappa shape index (κ2) is 5.79. The van der Waals surface area contributed by atoms with E-state index in [4.69, 9.17) is 0 Å². The summed E-state index contributed by atoms with van der Waals surface area (Å²) in [5.74, 6) is -0.634. The van der Waals surface area contributed by atoms with Gasteiger partial charge in [-0.1, -0.05) is 12.1 Å². The van der Waals surface area contributed by atoms with E-state index in [1.807, 2.05) is 12.3 Å². The number of nitrogens with one attached hydrogen (secondary N) is 2. The molecule has 0 saturated heterocycles. The first-order chi connectivity index (χ1) is 9.06. The van der Waals surface area contributed by atoms with Crippen LogP contribution in [-0.2, 0) is 4.79 Å². The molecule has 0 aliphatic carbocycles. The maximum absolute atomic E-state index is 13.4. The van der Waals surface area contributed by atoms with Gasteiger partial charge in [-0.25, -0.2) is 9.37 Å². The maximum atomic E-state index is 13.4. The molecule has 6 heteroatoms. The van der Waals surface area contributed by atoms with Crippen LogP contribution in [0.3, 0.4) is 0 Å². The van der Waals surface area contributed by atoms with Gasteiger partial charge in [0.15, 0.2) is 5.13 Å². The van der Waals surface area contributed by atoms with Crippen LogP contribution in [0.2, 0.25) is 0 Å².